The van der Waals surface area contributed by atoms with Crippen molar-refractivity contribution < 1.29 is 4.79 Å². The van der Waals surface area contributed by atoms with Crippen molar-refractivity contribution in [1.82, 2.24) is 10.6 Å². The molecule has 3 nitrogen and oxygen atoms in total. The van der Waals surface area contributed by atoms with Gasteiger partial charge in [-0.15, -0.1) is 0 Å². The van der Waals surface area contributed by atoms with Crippen LogP contribution in [0.2, 0.25) is 0 Å². The zero-order chi connectivity index (χ0) is 10.3. The van der Waals surface area contributed by atoms with Gasteiger partial charge >= 0.3 is 0 Å². The first-order valence-electron chi connectivity index (χ1n) is 4.75. The third-order valence-electron chi connectivity index (χ3n) is 1.70. The monoisotopic (exact) mass is 184 g/mol. The van der Waals surface area contributed by atoms with Gasteiger partial charge in [-0.3, -0.25) is 4.79 Å². The van der Waals surface area contributed by atoms with Crippen LogP contribution in [0, 0.1) is 0 Å². The van der Waals surface area contributed by atoms with Crippen LogP contribution in [0.25, 0.3) is 0 Å². The lowest BCUT2D eigenvalue weighted by Gasteiger charge is -2.13. The quantitative estimate of drug-likeness (QED) is 0.606. The SMILES string of the molecule is C=C(C)C(=O)NCC(C)NCCC. The van der Waals surface area contributed by atoms with E-state index in [0.29, 0.717) is 18.2 Å². The Bertz CT molecular complexity index is 178. The van der Waals surface area contributed by atoms with Crippen molar-refractivity contribution in [1.29, 1.82) is 0 Å². The van der Waals surface area contributed by atoms with E-state index in [1.165, 1.54) is 0 Å². The molecule has 0 radical (unpaired) electrons. The topological polar surface area (TPSA) is 41.1 Å². The number of amides is 1. The van der Waals surface area contributed by atoms with Crippen LogP contribution >= 0.6 is 0 Å². The molecule has 13 heavy (non-hydrogen) atoms. The fourth-order valence-electron chi connectivity index (χ4n) is 0.860. The Kier molecular flexibility index (Phi) is 6.24. The van der Waals surface area contributed by atoms with Crippen LogP contribution in [0.1, 0.15) is 27.2 Å². The Balaban J connectivity index is 3.51. The molecular weight excluding hydrogens is 164 g/mol. The summed E-state index contributed by atoms with van der Waals surface area (Å²) in [7, 11) is 0. The first kappa shape index (κ1) is 12.2. The molecule has 0 heterocycles. The van der Waals surface area contributed by atoms with Gasteiger partial charge in [0.15, 0.2) is 0 Å². The molecule has 0 saturated carbocycles. The van der Waals surface area contributed by atoms with E-state index in [1.807, 2.05) is 6.92 Å². The van der Waals surface area contributed by atoms with Crippen molar-refractivity contribution >= 4 is 5.91 Å². The zero-order valence-electron chi connectivity index (χ0n) is 8.81. The van der Waals surface area contributed by atoms with Crippen LogP contribution < -0.4 is 10.6 Å². The molecule has 1 unspecified atom stereocenters. The Morgan fingerprint density at radius 2 is 2.15 bits per heavy atom. The molecule has 0 saturated heterocycles. The van der Waals surface area contributed by atoms with Gasteiger partial charge in [-0.2, -0.15) is 0 Å². The van der Waals surface area contributed by atoms with E-state index < -0.39 is 0 Å². The second-order valence-electron chi connectivity index (χ2n) is 3.35. The summed E-state index contributed by atoms with van der Waals surface area (Å²) in [6.45, 7) is 11.1. The van der Waals surface area contributed by atoms with Gasteiger partial charge in [-0.1, -0.05) is 13.5 Å². The maximum absolute atomic E-state index is 11.1. The van der Waals surface area contributed by atoms with Crippen LogP contribution in [-0.2, 0) is 4.79 Å². The lowest BCUT2D eigenvalue weighted by molar-refractivity contribution is -0.117. The summed E-state index contributed by atoms with van der Waals surface area (Å²) < 4.78 is 0. The molecule has 1 amide bonds. The lowest BCUT2D eigenvalue weighted by atomic mass is 10.3. The number of rotatable bonds is 6. The number of hydrogen-bond acceptors (Lipinski definition) is 2. The lowest BCUT2D eigenvalue weighted by Crippen LogP contribution is -2.39. The third kappa shape index (κ3) is 6.34. The molecule has 0 spiro atoms. The average Bonchev–Trinajstić information content (AvgIpc) is 2.10. The summed E-state index contributed by atoms with van der Waals surface area (Å²) >= 11 is 0. The molecule has 76 valence electrons. The molecule has 1 atom stereocenters. The predicted octanol–water partition coefficient (Wildman–Crippen LogP) is 1.07. The summed E-state index contributed by atoms with van der Waals surface area (Å²) in [5, 5.41) is 6.07. The van der Waals surface area contributed by atoms with E-state index in [4.69, 9.17) is 0 Å². The highest BCUT2D eigenvalue weighted by Crippen LogP contribution is 1.86. The molecule has 2 N–H and O–H groups in total. The summed E-state index contributed by atoms with van der Waals surface area (Å²) in [6.07, 6.45) is 1.11. The van der Waals surface area contributed by atoms with Crippen molar-refractivity contribution in [3.8, 4) is 0 Å². The highest BCUT2D eigenvalue weighted by atomic mass is 16.1. The fourth-order valence-corrected chi connectivity index (χ4v) is 0.860. The Hall–Kier alpha value is -0.830. The standard InChI is InChI=1S/C10H20N2O/c1-5-6-11-9(4)7-12-10(13)8(2)3/h9,11H,2,5-7H2,1,3-4H3,(H,12,13). The fraction of sp³-hybridized carbons (Fsp3) is 0.700. The molecule has 0 aromatic rings. The highest BCUT2D eigenvalue weighted by molar-refractivity contribution is 5.92. The first-order chi connectivity index (χ1) is 6.07. The second kappa shape index (κ2) is 6.66. The number of hydrogen-bond donors (Lipinski definition) is 2. The van der Waals surface area contributed by atoms with Gasteiger partial charge in [-0.25, -0.2) is 0 Å². The van der Waals surface area contributed by atoms with E-state index in [0.717, 1.165) is 13.0 Å². The van der Waals surface area contributed by atoms with E-state index in [9.17, 15) is 4.79 Å². The smallest absolute Gasteiger partial charge is 0.246 e. The molecule has 0 aromatic carbocycles. The number of nitrogens with one attached hydrogen (secondary N) is 2. The molecule has 0 aliphatic carbocycles. The summed E-state index contributed by atoms with van der Waals surface area (Å²) in [5.74, 6) is -0.0647. The van der Waals surface area contributed by atoms with Gasteiger partial charge in [0.25, 0.3) is 0 Å². The van der Waals surface area contributed by atoms with E-state index >= 15 is 0 Å². The van der Waals surface area contributed by atoms with Crippen LogP contribution in [-0.4, -0.2) is 25.0 Å². The van der Waals surface area contributed by atoms with Gasteiger partial charge in [0.2, 0.25) is 5.91 Å². The minimum absolute atomic E-state index is 0.0647. The van der Waals surface area contributed by atoms with Gasteiger partial charge in [-0.05, 0) is 26.8 Å². The molecule has 0 rings (SSSR count). The zero-order valence-corrected chi connectivity index (χ0v) is 8.81. The van der Waals surface area contributed by atoms with E-state index in [2.05, 4.69) is 24.1 Å². The van der Waals surface area contributed by atoms with Crippen LogP contribution in [0.5, 0.6) is 0 Å². The third-order valence-corrected chi connectivity index (χ3v) is 1.70. The van der Waals surface area contributed by atoms with E-state index in [1.54, 1.807) is 6.92 Å². The Labute approximate surface area is 80.6 Å². The largest absolute Gasteiger partial charge is 0.351 e. The van der Waals surface area contributed by atoms with Gasteiger partial charge in [0.05, 0.1) is 0 Å². The van der Waals surface area contributed by atoms with Crippen LogP contribution in [0.3, 0.4) is 0 Å². The maximum atomic E-state index is 11.1. The molecule has 0 bridgehead atoms. The molecule has 3 heteroatoms. The number of carbonyl (C=O) groups excluding carboxylic acids is 1. The minimum Gasteiger partial charge on any atom is -0.351 e. The molecule has 0 aliphatic heterocycles. The summed E-state index contributed by atoms with van der Waals surface area (Å²) in [5.41, 5.74) is 0.558. The van der Waals surface area contributed by atoms with E-state index in [-0.39, 0.29) is 5.91 Å². The Morgan fingerprint density at radius 3 is 2.62 bits per heavy atom. The highest BCUT2D eigenvalue weighted by Gasteiger charge is 2.03. The molecule has 0 aromatic heterocycles. The summed E-state index contributed by atoms with van der Waals surface area (Å²) in [6, 6.07) is 0.322. The van der Waals surface area contributed by atoms with Crippen LogP contribution in [0.15, 0.2) is 12.2 Å². The second-order valence-corrected chi connectivity index (χ2v) is 3.35. The van der Waals surface area contributed by atoms with Crippen molar-refractivity contribution in [2.75, 3.05) is 13.1 Å². The van der Waals surface area contributed by atoms with Gasteiger partial charge in [0, 0.05) is 18.2 Å². The van der Waals surface area contributed by atoms with Gasteiger partial charge in [0.1, 0.15) is 0 Å². The molecule has 0 fully saturated rings. The number of carbonyl (C=O) groups is 1. The average molecular weight is 184 g/mol. The maximum Gasteiger partial charge on any atom is 0.246 e. The van der Waals surface area contributed by atoms with Crippen molar-refractivity contribution in [3.05, 3.63) is 12.2 Å². The minimum atomic E-state index is -0.0647. The van der Waals surface area contributed by atoms with Crippen molar-refractivity contribution in [2.24, 2.45) is 0 Å². The molecular formula is C10H20N2O. The summed E-state index contributed by atoms with van der Waals surface area (Å²) in [4.78, 5) is 11.1. The first-order valence-corrected chi connectivity index (χ1v) is 4.75. The predicted molar refractivity (Wildman–Crippen MR) is 55.6 cm³/mol. The molecule has 0 aliphatic rings. The normalized spacial score (nSPS) is 12.2. The Morgan fingerprint density at radius 1 is 1.54 bits per heavy atom. The van der Waals surface area contributed by atoms with Crippen molar-refractivity contribution in [3.63, 3.8) is 0 Å². The van der Waals surface area contributed by atoms with Crippen LogP contribution in [0.4, 0.5) is 0 Å². The van der Waals surface area contributed by atoms with Gasteiger partial charge < -0.3 is 10.6 Å². The van der Waals surface area contributed by atoms with Crippen molar-refractivity contribution in [2.45, 2.75) is 33.2 Å².